The van der Waals surface area contributed by atoms with Gasteiger partial charge in [0.15, 0.2) is 5.76 Å². The molecule has 2 aromatic heterocycles. The summed E-state index contributed by atoms with van der Waals surface area (Å²) in [4.78, 5) is 2.47. The molecule has 2 atom stereocenters. The van der Waals surface area contributed by atoms with Gasteiger partial charge in [0.05, 0.1) is 12.8 Å². The second-order valence-corrected chi connectivity index (χ2v) is 5.77. The Balaban J connectivity index is 1.50. The summed E-state index contributed by atoms with van der Waals surface area (Å²) in [6.45, 7) is 0.718. The SMILES string of the molecule is NC1CC2CCC(C1)N2Cc1nnc(-c2ccco2)o1. The third-order valence-electron chi connectivity index (χ3n) is 4.44. The van der Waals surface area contributed by atoms with E-state index in [0.29, 0.717) is 35.7 Å². The quantitative estimate of drug-likeness (QED) is 0.918. The van der Waals surface area contributed by atoms with E-state index in [0.717, 1.165) is 19.4 Å². The standard InChI is InChI=1S/C14H18N4O2/c15-9-6-10-3-4-11(7-9)18(10)8-13-16-17-14(20-13)12-2-1-5-19-12/h1-2,5,9-11H,3-4,6-8,15H2. The summed E-state index contributed by atoms with van der Waals surface area (Å²) < 4.78 is 11.0. The van der Waals surface area contributed by atoms with Crippen molar-refractivity contribution < 1.29 is 8.83 Å². The van der Waals surface area contributed by atoms with Crippen LogP contribution in [-0.2, 0) is 6.54 Å². The van der Waals surface area contributed by atoms with Gasteiger partial charge < -0.3 is 14.6 Å². The summed E-state index contributed by atoms with van der Waals surface area (Å²) in [5.41, 5.74) is 6.09. The normalized spacial score (nSPS) is 29.9. The van der Waals surface area contributed by atoms with Crippen molar-refractivity contribution in [3.63, 3.8) is 0 Å². The molecule has 2 N–H and O–H groups in total. The molecule has 106 valence electrons. The van der Waals surface area contributed by atoms with Crippen LogP contribution in [0.1, 0.15) is 31.6 Å². The molecule has 0 saturated carbocycles. The van der Waals surface area contributed by atoms with Crippen molar-refractivity contribution in [2.75, 3.05) is 0 Å². The van der Waals surface area contributed by atoms with Crippen molar-refractivity contribution in [1.82, 2.24) is 15.1 Å². The number of nitrogens with two attached hydrogens (primary N) is 1. The molecule has 2 aliphatic rings. The smallest absolute Gasteiger partial charge is 0.283 e. The topological polar surface area (TPSA) is 81.3 Å². The van der Waals surface area contributed by atoms with E-state index in [1.807, 2.05) is 12.1 Å². The maximum absolute atomic E-state index is 6.09. The highest BCUT2D eigenvalue weighted by molar-refractivity contribution is 5.42. The first-order valence-electron chi connectivity index (χ1n) is 7.17. The van der Waals surface area contributed by atoms with E-state index in [9.17, 15) is 0 Å². The second-order valence-electron chi connectivity index (χ2n) is 5.77. The summed E-state index contributed by atoms with van der Waals surface area (Å²) >= 11 is 0. The molecule has 2 fully saturated rings. The highest BCUT2D eigenvalue weighted by atomic mass is 16.4. The number of hydrogen-bond acceptors (Lipinski definition) is 6. The second kappa shape index (κ2) is 4.71. The average Bonchev–Trinajstić information content (AvgIpc) is 3.12. The van der Waals surface area contributed by atoms with E-state index >= 15 is 0 Å². The molecule has 4 rings (SSSR count). The molecule has 6 nitrogen and oxygen atoms in total. The number of nitrogens with zero attached hydrogens (tertiary/aromatic N) is 3. The third kappa shape index (κ3) is 2.05. The summed E-state index contributed by atoms with van der Waals surface area (Å²) in [5.74, 6) is 1.72. The van der Waals surface area contributed by atoms with E-state index in [-0.39, 0.29) is 0 Å². The van der Waals surface area contributed by atoms with Gasteiger partial charge >= 0.3 is 0 Å². The summed E-state index contributed by atoms with van der Waals surface area (Å²) in [6, 6.07) is 5.13. The first kappa shape index (κ1) is 12.1. The van der Waals surface area contributed by atoms with Gasteiger partial charge in [-0.05, 0) is 37.8 Å². The first-order chi connectivity index (χ1) is 9.79. The minimum atomic E-state index is 0.352. The van der Waals surface area contributed by atoms with E-state index < -0.39 is 0 Å². The van der Waals surface area contributed by atoms with Crippen LogP contribution in [0.25, 0.3) is 11.7 Å². The van der Waals surface area contributed by atoms with E-state index in [2.05, 4.69) is 15.1 Å². The molecule has 20 heavy (non-hydrogen) atoms. The lowest BCUT2D eigenvalue weighted by atomic mass is 9.98. The predicted molar refractivity (Wildman–Crippen MR) is 71.6 cm³/mol. The monoisotopic (exact) mass is 274 g/mol. The van der Waals surface area contributed by atoms with Crippen molar-refractivity contribution in [3.8, 4) is 11.7 Å². The lowest BCUT2D eigenvalue weighted by molar-refractivity contribution is 0.109. The van der Waals surface area contributed by atoms with Crippen LogP contribution in [0.15, 0.2) is 27.2 Å². The number of piperidine rings is 1. The van der Waals surface area contributed by atoms with Crippen molar-refractivity contribution in [2.45, 2.75) is 50.4 Å². The van der Waals surface area contributed by atoms with Crippen LogP contribution in [0.3, 0.4) is 0 Å². The minimum Gasteiger partial charge on any atom is -0.459 e. The van der Waals surface area contributed by atoms with E-state index in [1.54, 1.807) is 6.26 Å². The zero-order valence-electron chi connectivity index (χ0n) is 11.2. The molecule has 0 spiro atoms. The molecule has 2 saturated heterocycles. The zero-order chi connectivity index (χ0) is 13.5. The van der Waals surface area contributed by atoms with Crippen molar-refractivity contribution >= 4 is 0 Å². The maximum atomic E-state index is 6.09. The molecule has 0 aliphatic carbocycles. The molecule has 2 aliphatic heterocycles. The van der Waals surface area contributed by atoms with Gasteiger partial charge in [0.25, 0.3) is 5.89 Å². The lowest BCUT2D eigenvalue weighted by Gasteiger charge is -2.36. The Labute approximate surface area is 116 Å². The van der Waals surface area contributed by atoms with Gasteiger partial charge in [-0.1, -0.05) is 0 Å². The van der Waals surface area contributed by atoms with Gasteiger partial charge in [-0.25, -0.2) is 0 Å². The van der Waals surface area contributed by atoms with Crippen molar-refractivity contribution in [1.29, 1.82) is 0 Å². The zero-order valence-corrected chi connectivity index (χ0v) is 11.2. The molecular weight excluding hydrogens is 256 g/mol. The summed E-state index contributed by atoms with van der Waals surface area (Å²) in [7, 11) is 0. The number of furan rings is 1. The predicted octanol–water partition coefficient (Wildman–Crippen LogP) is 1.78. The Morgan fingerprint density at radius 3 is 2.75 bits per heavy atom. The molecule has 2 unspecified atom stereocenters. The van der Waals surface area contributed by atoms with Gasteiger partial charge in [0.1, 0.15) is 0 Å². The largest absolute Gasteiger partial charge is 0.459 e. The fourth-order valence-electron chi connectivity index (χ4n) is 3.55. The van der Waals surface area contributed by atoms with Crippen LogP contribution in [0.2, 0.25) is 0 Å². The van der Waals surface area contributed by atoms with Gasteiger partial charge in [-0.3, -0.25) is 4.90 Å². The van der Waals surface area contributed by atoms with Gasteiger partial charge in [0.2, 0.25) is 5.89 Å². The van der Waals surface area contributed by atoms with E-state index in [1.165, 1.54) is 12.8 Å². The summed E-state index contributed by atoms with van der Waals surface area (Å²) in [5, 5.41) is 8.18. The Morgan fingerprint density at radius 1 is 1.25 bits per heavy atom. The fraction of sp³-hybridized carbons (Fsp3) is 0.571. The molecule has 6 heteroatoms. The lowest BCUT2D eigenvalue weighted by Crippen LogP contribution is -2.46. The Hall–Kier alpha value is -1.66. The summed E-state index contributed by atoms with van der Waals surface area (Å²) in [6.07, 6.45) is 6.23. The van der Waals surface area contributed by atoms with Gasteiger partial charge in [-0.2, -0.15) is 0 Å². The number of aromatic nitrogens is 2. The molecule has 2 bridgehead atoms. The molecular formula is C14H18N4O2. The molecule has 0 radical (unpaired) electrons. The Morgan fingerprint density at radius 2 is 2.05 bits per heavy atom. The fourth-order valence-corrected chi connectivity index (χ4v) is 3.55. The highest BCUT2D eigenvalue weighted by Crippen LogP contribution is 2.36. The molecule has 4 heterocycles. The van der Waals surface area contributed by atoms with Crippen LogP contribution in [0.5, 0.6) is 0 Å². The van der Waals surface area contributed by atoms with Crippen LogP contribution in [0, 0.1) is 0 Å². The third-order valence-corrected chi connectivity index (χ3v) is 4.44. The van der Waals surface area contributed by atoms with Gasteiger partial charge in [0, 0.05) is 18.1 Å². The number of fused-ring (bicyclic) bond motifs is 2. The number of hydrogen-bond donors (Lipinski definition) is 1. The minimum absolute atomic E-state index is 0.352. The molecule has 0 aromatic carbocycles. The van der Waals surface area contributed by atoms with Crippen LogP contribution in [-0.4, -0.2) is 33.2 Å². The molecule has 2 aromatic rings. The average molecular weight is 274 g/mol. The van der Waals surface area contributed by atoms with Crippen molar-refractivity contribution in [2.24, 2.45) is 5.73 Å². The van der Waals surface area contributed by atoms with Crippen LogP contribution < -0.4 is 5.73 Å². The number of rotatable bonds is 3. The van der Waals surface area contributed by atoms with Crippen LogP contribution in [0.4, 0.5) is 0 Å². The van der Waals surface area contributed by atoms with E-state index in [4.69, 9.17) is 14.6 Å². The Kier molecular flexibility index (Phi) is 2.85. The molecule has 0 amide bonds. The maximum Gasteiger partial charge on any atom is 0.283 e. The van der Waals surface area contributed by atoms with Gasteiger partial charge in [-0.15, -0.1) is 10.2 Å². The Bertz CT molecular complexity index is 566. The highest BCUT2D eigenvalue weighted by Gasteiger charge is 2.40. The van der Waals surface area contributed by atoms with Crippen molar-refractivity contribution in [3.05, 3.63) is 24.3 Å². The van der Waals surface area contributed by atoms with Crippen LogP contribution >= 0.6 is 0 Å². The first-order valence-corrected chi connectivity index (χ1v) is 7.17.